The Morgan fingerprint density at radius 3 is 3.23 bits per heavy atom. The topological polar surface area (TPSA) is 62.5 Å². The summed E-state index contributed by atoms with van der Waals surface area (Å²) in [7, 11) is 0. The summed E-state index contributed by atoms with van der Waals surface area (Å²) < 4.78 is 1.75. The maximum absolute atomic E-state index is 12.2. The molecule has 1 amide bonds. The van der Waals surface area contributed by atoms with Gasteiger partial charge in [0.2, 0.25) is 5.91 Å². The van der Waals surface area contributed by atoms with Crippen LogP contribution in [0.5, 0.6) is 0 Å². The lowest BCUT2D eigenvalue weighted by atomic mass is 10.2. The van der Waals surface area contributed by atoms with Crippen molar-refractivity contribution in [2.75, 3.05) is 24.7 Å². The molecule has 2 aromatic rings. The predicted octanol–water partition coefficient (Wildman–Crippen LogP) is 1.88. The minimum Gasteiger partial charge on any atom is -0.364 e. The van der Waals surface area contributed by atoms with Gasteiger partial charge in [-0.25, -0.2) is 9.50 Å². The third-order valence-electron chi connectivity index (χ3n) is 4.01. The molecule has 0 spiro atoms. The minimum absolute atomic E-state index is 0.254. The first-order valence-corrected chi connectivity index (χ1v) is 8.82. The second-order valence-corrected chi connectivity index (χ2v) is 6.94. The first-order valence-electron chi connectivity index (χ1n) is 7.53. The summed E-state index contributed by atoms with van der Waals surface area (Å²) in [5, 5.41) is 8.26. The van der Waals surface area contributed by atoms with Crippen molar-refractivity contribution in [2.24, 2.45) is 0 Å². The highest BCUT2D eigenvalue weighted by Crippen LogP contribution is 2.18. The largest absolute Gasteiger partial charge is 0.364 e. The molecule has 1 aliphatic rings. The summed E-state index contributed by atoms with van der Waals surface area (Å²) in [6.45, 7) is 3.67. The number of carbonyl (C=O) groups is 1. The highest BCUT2D eigenvalue weighted by Gasteiger charge is 2.27. The molecule has 118 valence electrons. The monoisotopic (exact) mass is 319 g/mol. The SMILES string of the molecule is CSC(C)CC(=O)N1CCC(Nc2ccc3nccn3n2)C1. The number of rotatable bonds is 5. The molecular weight excluding hydrogens is 298 g/mol. The molecule has 2 aromatic heterocycles. The number of likely N-dealkylation sites (tertiary alicyclic amines) is 1. The zero-order valence-electron chi connectivity index (χ0n) is 12.9. The number of nitrogens with one attached hydrogen (secondary N) is 1. The molecule has 1 aliphatic heterocycles. The molecular formula is C15H21N5OS. The average molecular weight is 319 g/mol. The van der Waals surface area contributed by atoms with Gasteiger partial charge in [-0.05, 0) is 24.8 Å². The van der Waals surface area contributed by atoms with Crippen molar-refractivity contribution in [2.45, 2.75) is 31.1 Å². The van der Waals surface area contributed by atoms with Crippen molar-refractivity contribution in [1.29, 1.82) is 0 Å². The van der Waals surface area contributed by atoms with E-state index in [0.717, 1.165) is 31.0 Å². The van der Waals surface area contributed by atoms with E-state index >= 15 is 0 Å². The molecule has 1 saturated heterocycles. The molecule has 0 bridgehead atoms. The van der Waals surface area contributed by atoms with Crippen LogP contribution in [0.25, 0.3) is 5.65 Å². The van der Waals surface area contributed by atoms with Gasteiger partial charge in [-0.3, -0.25) is 4.79 Å². The van der Waals surface area contributed by atoms with E-state index in [1.165, 1.54) is 0 Å². The van der Waals surface area contributed by atoms with Crippen molar-refractivity contribution in [1.82, 2.24) is 19.5 Å². The number of hydrogen-bond donors (Lipinski definition) is 1. The number of nitrogens with zero attached hydrogens (tertiary/aromatic N) is 4. The quantitative estimate of drug-likeness (QED) is 0.912. The fraction of sp³-hybridized carbons (Fsp3) is 0.533. The van der Waals surface area contributed by atoms with Crippen LogP contribution in [-0.4, -0.2) is 56.0 Å². The molecule has 6 nitrogen and oxygen atoms in total. The van der Waals surface area contributed by atoms with Gasteiger partial charge in [-0.2, -0.15) is 11.8 Å². The van der Waals surface area contributed by atoms with Crippen LogP contribution in [0.15, 0.2) is 24.5 Å². The number of imidazole rings is 1. The van der Waals surface area contributed by atoms with Gasteiger partial charge in [0.05, 0.1) is 0 Å². The summed E-state index contributed by atoms with van der Waals surface area (Å²) >= 11 is 1.74. The van der Waals surface area contributed by atoms with Crippen LogP contribution < -0.4 is 5.32 Å². The van der Waals surface area contributed by atoms with Gasteiger partial charge in [-0.15, -0.1) is 5.10 Å². The first kappa shape index (κ1) is 15.1. The summed E-state index contributed by atoms with van der Waals surface area (Å²) in [5.41, 5.74) is 0.833. The maximum atomic E-state index is 12.2. The highest BCUT2D eigenvalue weighted by molar-refractivity contribution is 7.99. The van der Waals surface area contributed by atoms with Crippen LogP contribution in [0.2, 0.25) is 0 Å². The Kier molecular flexibility index (Phi) is 4.52. The first-order chi connectivity index (χ1) is 10.7. The van der Waals surface area contributed by atoms with Crippen LogP contribution in [0.4, 0.5) is 5.82 Å². The Hall–Kier alpha value is -1.76. The lowest BCUT2D eigenvalue weighted by Crippen LogP contribution is -2.32. The number of thioether (sulfide) groups is 1. The van der Waals surface area contributed by atoms with Gasteiger partial charge < -0.3 is 10.2 Å². The molecule has 0 radical (unpaired) electrons. The van der Waals surface area contributed by atoms with Crippen LogP contribution >= 0.6 is 11.8 Å². The number of anilines is 1. The highest BCUT2D eigenvalue weighted by atomic mass is 32.2. The predicted molar refractivity (Wildman–Crippen MR) is 89.2 cm³/mol. The Labute approximate surface area is 134 Å². The molecule has 22 heavy (non-hydrogen) atoms. The molecule has 2 unspecified atom stereocenters. The normalized spacial score (nSPS) is 19.5. The smallest absolute Gasteiger partial charge is 0.223 e. The molecule has 0 aromatic carbocycles. The maximum Gasteiger partial charge on any atom is 0.223 e. The van der Waals surface area contributed by atoms with E-state index in [1.807, 2.05) is 29.5 Å². The van der Waals surface area contributed by atoms with E-state index in [1.54, 1.807) is 22.5 Å². The molecule has 3 rings (SSSR count). The molecule has 1 fully saturated rings. The van der Waals surface area contributed by atoms with Gasteiger partial charge in [0.1, 0.15) is 5.82 Å². The van der Waals surface area contributed by atoms with E-state index in [0.29, 0.717) is 11.7 Å². The number of amides is 1. The molecule has 1 N–H and O–H groups in total. The van der Waals surface area contributed by atoms with Crippen molar-refractivity contribution in [3.63, 3.8) is 0 Å². The molecule has 0 aliphatic carbocycles. The summed E-state index contributed by atoms with van der Waals surface area (Å²) in [5.74, 6) is 1.08. The fourth-order valence-electron chi connectivity index (χ4n) is 2.66. The van der Waals surface area contributed by atoms with Crippen molar-refractivity contribution >= 4 is 29.1 Å². The van der Waals surface area contributed by atoms with E-state index < -0.39 is 0 Å². The van der Waals surface area contributed by atoms with Gasteiger partial charge >= 0.3 is 0 Å². The van der Waals surface area contributed by atoms with Crippen molar-refractivity contribution in [3.8, 4) is 0 Å². The van der Waals surface area contributed by atoms with Gasteiger partial charge in [-0.1, -0.05) is 6.92 Å². The Balaban J connectivity index is 1.57. The van der Waals surface area contributed by atoms with E-state index in [4.69, 9.17) is 0 Å². The van der Waals surface area contributed by atoms with Crippen molar-refractivity contribution in [3.05, 3.63) is 24.5 Å². The van der Waals surface area contributed by atoms with Gasteiger partial charge in [0, 0.05) is 43.2 Å². The van der Waals surface area contributed by atoms with Crippen LogP contribution in [0.1, 0.15) is 19.8 Å². The third-order valence-corrected chi connectivity index (χ3v) is 4.98. The van der Waals surface area contributed by atoms with Gasteiger partial charge in [0.15, 0.2) is 5.65 Å². The third kappa shape index (κ3) is 3.35. The molecule has 3 heterocycles. The van der Waals surface area contributed by atoms with E-state index in [2.05, 4.69) is 22.3 Å². The minimum atomic E-state index is 0.254. The summed E-state index contributed by atoms with van der Waals surface area (Å²) in [6.07, 6.45) is 7.18. The number of fused-ring (bicyclic) bond motifs is 1. The fourth-order valence-corrected chi connectivity index (χ4v) is 2.97. The lowest BCUT2D eigenvalue weighted by Gasteiger charge is -2.19. The number of hydrogen-bond acceptors (Lipinski definition) is 5. The Morgan fingerprint density at radius 1 is 1.55 bits per heavy atom. The summed E-state index contributed by atoms with van der Waals surface area (Å²) in [4.78, 5) is 18.3. The summed E-state index contributed by atoms with van der Waals surface area (Å²) in [6, 6.07) is 4.14. The Morgan fingerprint density at radius 2 is 2.41 bits per heavy atom. The molecule has 2 atom stereocenters. The Bertz CT molecular complexity index is 658. The van der Waals surface area contributed by atoms with Crippen LogP contribution in [-0.2, 0) is 4.79 Å². The van der Waals surface area contributed by atoms with Crippen LogP contribution in [0.3, 0.4) is 0 Å². The average Bonchev–Trinajstić information content (AvgIpc) is 3.15. The second kappa shape index (κ2) is 6.56. The molecule has 0 saturated carbocycles. The number of aromatic nitrogens is 3. The van der Waals surface area contributed by atoms with E-state index in [9.17, 15) is 4.79 Å². The second-order valence-electron chi connectivity index (χ2n) is 5.67. The standard InChI is InChI=1S/C15H21N5OS/c1-11(22-2)9-15(21)19-7-5-12(10-19)17-13-3-4-14-16-6-8-20(14)18-13/h3-4,6,8,11-12H,5,7,9-10H2,1-2H3,(H,17,18). The van der Waals surface area contributed by atoms with Crippen molar-refractivity contribution < 1.29 is 4.79 Å². The van der Waals surface area contributed by atoms with E-state index in [-0.39, 0.29) is 11.9 Å². The number of carbonyl (C=O) groups excluding carboxylic acids is 1. The van der Waals surface area contributed by atoms with Crippen LogP contribution in [0, 0.1) is 0 Å². The molecule has 7 heteroatoms. The zero-order chi connectivity index (χ0) is 15.5. The van der Waals surface area contributed by atoms with Gasteiger partial charge in [0.25, 0.3) is 0 Å². The lowest BCUT2D eigenvalue weighted by molar-refractivity contribution is -0.130. The zero-order valence-corrected chi connectivity index (χ0v) is 13.7.